The van der Waals surface area contributed by atoms with Crippen LogP contribution >= 0.6 is 35.3 Å². The Bertz CT molecular complexity index is 473. The standard InChI is InChI=1S/C16H18S3/c1-3-9-15-10-17-16(18-11-15,19-12-15)14-7-5-13(4-2)6-8-14/h2,5-8H,3,9-12H2,1H3. The molecule has 0 spiro atoms. The fourth-order valence-electron chi connectivity index (χ4n) is 2.76. The van der Waals surface area contributed by atoms with Crippen molar-refractivity contribution in [1.82, 2.24) is 0 Å². The second kappa shape index (κ2) is 5.31. The molecule has 3 fully saturated rings. The number of benzene rings is 1. The SMILES string of the molecule is C#Cc1ccc(C23SCC(CCC)(CS2)CS3)cc1. The zero-order valence-electron chi connectivity index (χ0n) is 11.1. The first-order valence-corrected chi connectivity index (χ1v) is 9.67. The molecule has 19 heavy (non-hydrogen) atoms. The van der Waals surface area contributed by atoms with E-state index in [1.165, 1.54) is 35.7 Å². The van der Waals surface area contributed by atoms with Crippen LogP contribution in [0.5, 0.6) is 0 Å². The monoisotopic (exact) mass is 306 g/mol. The molecule has 1 aromatic rings. The molecule has 0 aromatic heterocycles. The largest absolute Gasteiger partial charge is 0.132 e. The lowest BCUT2D eigenvalue weighted by Crippen LogP contribution is -2.43. The highest BCUT2D eigenvalue weighted by molar-refractivity contribution is 8.33. The van der Waals surface area contributed by atoms with Crippen LogP contribution in [-0.4, -0.2) is 17.3 Å². The zero-order chi connectivity index (χ0) is 13.3. The van der Waals surface area contributed by atoms with Gasteiger partial charge in [0, 0.05) is 22.8 Å². The molecule has 3 aliphatic heterocycles. The third-order valence-corrected chi connectivity index (χ3v) is 10.1. The molecule has 0 unspecified atom stereocenters. The Labute approximate surface area is 128 Å². The third kappa shape index (κ3) is 2.44. The van der Waals surface area contributed by atoms with Crippen molar-refractivity contribution < 1.29 is 0 Å². The van der Waals surface area contributed by atoms with Gasteiger partial charge in [-0.15, -0.1) is 41.7 Å². The number of rotatable bonds is 3. The first-order valence-electron chi connectivity index (χ1n) is 6.71. The predicted octanol–water partition coefficient (Wildman–Crippen LogP) is 4.79. The summed E-state index contributed by atoms with van der Waals surface area (Å²) in [6.07, 6.45) is 8.13. The van der Waals surface area contributed by atoms with E-state index in [2.05, 4.69) is 72.4 Å². The molecule has 0 atom stereocenters. The van der Waals surface area contributed by atoms with Crippen LogP contribution in [0.3, 0.4) is 0 Å². The third-order valence-electron chi connectivity index (χ3n) is 3.89. The van der Waals surface area contributed by atoms with E-state index in [4.69, 9.17) is 6.42 Å². The molecule has 0 amide bonds. The quantitative estimate of drug-likeness (QED) is 0.737. The highest BCUT2D eigenvalue weighted by Crippen LogP contribution is 2.67. The van der Waals surface area contributed by atoms with Crippen molar-refractivity contribution in [1.29, 1.82) is 0 Å². The Hall–Kier alpha value is -0.170. The minimum atomic E-state index is 0.225. The summed E-state index contributed by atoms with van der Waals surface area (Å²) in [5.41, 5.74) is 3.00. The molecular formula is C16H18S3. The summed E-state index contributed by atoms with van der Waals surface area (Å²) in [5, 5.41) is 0. The molecule has 3 heteroatoms. The van der Waals surface area contributed by atoms with Crippen molar-refractivity contribution in [3.8, 4) is 12.3 Å². The van der Waals surface area contributed by atoms with Crippen molar-refractivity contribution >= 4 is 35.3 Å². The normalized spacial score (nSPS) is 33.1. The van der Waals surface area contributed by atoms with Crippen LogP contribution in [-0.2, 0) is 3.41 Å². The van der Waals surface area contributed by atoms with E-state index in [1.54, 1.807) is 0 Å². The van der Waals surface area contributed by atoms with Crippen LogP contribution in [0.1, 0.15) is 30.9 Å². The maximum atomic E-state index is 5.44. The summed E-state index contributed by atoms with van der Waals surface area (Å²) in [5.74, 6) is 6.65. The van der Waals surface area contributed by atoms with Crippen molar-refractivity contribution in [2.75, 3.05) is 17.3 Å². The summed E-state index contributed by atoms with van der Waals surface area (Å²) in [4.78, 5) is 0. The molecule has 100 valence electrons. The number of terminal acetylenes is 1. The van der Waals surface area contributed by atoms with Gasteiger partial charge in [-0.3, -0.25) is 0 Å². The van der Waals surface area contributed by atoms with Gasteiger partial charge in [0.15, 0.2) is 0 Å². The topological polar surface area (TPSA) is 0 Å². The molecule has 0 saturated carbocycles. The summed E-state index contributed by atoms with van der Waals surface area (Å²) in [6, 6.07) is 8.60. The van der Waals surface area contributed by atoms with Gasteiger partial charge in [-0.2, -0.15) is 0 Å². The molecular weight excluding hydrogens is 288 g/mol. The van der Waals surface area contributed by atoms with Gasteiger partial charge >= 0.3 is 0 Å². The Morgan fingerprint density at radius 3 is 2.16 bits per heavy atom. The van der Waals surface area contributed by atoms with Crippen molar-refractivity contribution in [2.24, 2.45) is 5.41 Å². The summed E-state index contributed by atoms with van der Waals surface area (Å²) in [6.45, 7) is 2.31. The molecule has 1 aromatic carbocycles. The van der Waals surface area contributed by atoms with Gasteiger partial charge in [0.05, 0.1) is 0 Å². The Kier molecular flexibility index (Phi) is 3.86. The maximum Gasteiger partial charge on any atom is 0.132 e. The first-order chi connectivity index (χ1) is 9.22. The molecule has 0 nitrogen and oxygen atoms in total. The first kappa shape index (κ1) is 13.8. The number of fused-ring (bicyclic) bond motifs is 3. The Balaban J connectivity index is 1.81. The van der Waals surface area contributed by atoms with Crippen LogP contribution in [0.4, 0.5) is 0 Å². The molecule has 2 bridgehead atoms. The van der Waals surface area contributed by atoms with Gasteiger partial charge in [0.25, 0.3) is 0 Å². The summed E-state index contributed by atoms with van der Waals surface area (Å²) < 4.78 is 0.225. The van der Waals surface area contributed by atoms with Gasteiger partial charge < -0.3 is 0 Å². The Morgan fingerprint density at radius 2 is 1.68 bits per heavy atom. The van der Waals surface area contributed by atoms with Crippen LogP contribution in [0.25, 0.3) is 0 Å². The van der Waals surface area contributed by atoms with E-state index in [-0.39, 0.29) is 3.41 Å². The van der Waals surface area contributed by atoms with Crippen molar-refractivity contribution in [3.05, 3.63) is 35.4 Å². The van der Waals surface area contributed by atoms with E-state index >= 15 is 0 Å². The maximum absolute atomic E-state index is 5.44. The summed E-state index contributed by atoms with van der Waals surface area (Å²) >= 11 is 6.42. The molecule has 3 saturated heterocycles. The fourth-order valence-corrected chi connectivity index (χ4v) is 8.65. The highest BCUT2D eigenvalue weighted by Gasteiger charge is 2.51. The van der Waals surface area contributed by atoms with Crippen LogP contribution in [0.2, 0.25) is 0 Å². The van der Waals surface area contributed by atoms with Gasteiger partial charge in [-0.1, -0.05) is 31.4 Å². The zero-order valence-corrected chi connectivity index (χ0v) is 13.6. The molecule has 3 aliphatic rings. The lowest BCUT2D eigenvalue weighted by Gasteiger charge is -2.52. The summed E-state index contributed by atoms with van der Waals surface area (Å²) in [7, 11) is 0. The number of thioether (sulfide) groups is 3. The fraction of sp³-hybridized carbons (Fsp3) is 0.500. The van der Waals surface area contributed by atoms with Crippen molar-refractivity contribution in [2.45, 2.75) is 23.2 Å². The smallest absolute Gasteiger partial charge is 0.128 e. The molecule has 0 N–H and O–H groups in total. The minimum Gasteiger partial charge on any atom is -0.128 e. The second-order valence-corrected chi connectivity index (χ2v) is 9.74. The average molecular weight is 307 g/mol. The van der Waals surface area contributed by atoms with Gasteiger partial charge in [-0.05, 0) is 29.5 Å². The molecule has 0 radical (unpaired) electrons. The minimum absolute atomic E-state index is 0.225. The molecule has 4 rings (SSSR count). The van der Waals surface area contributed by atoms with Gasteiger partial charge in [0.1, 0.15) is 3.41 Å². The lowest BCUT2D eigenvalue weighted by molar-refractivity contribution is 0.393. The lowest BCUT2D eigenvalue weighted by atomic mass is 9.90. The number of hydrogen-bond donors (Lipinski definition) is 0. The highest BCUT2D eigenvalue weighted by atomic mass is 32.3. The van der Waals surface area contributed by atoms with E-state index in [0.29, 0.717) is 5.41 Å². The average Bonchev–Trinajstić information content (AvgIpc) is 2.49. The van der Waals surface area contributed by atoms with E-state index < -0.39 is 0 Å². The van der Waals surface area contributed by atoms with Gasteiger partial charge in [0.2, 0.25) is 0 Å². The Morgan fingerprint density at radius 1 is 1.11 bits per heavy atom. The molecule has 0 aliphatic carbocycles. The van der Waals surface area contributed by atoms with Crippen LogP contribution in [0, 0.1) is 17.8 Å². The van der Waals surface area contributed by atoms with Crippen molar-refractivity contribution in [3.63, 3.8) is 0 Å². The van der Waals surface area contributed by atoms with E-state index in [9.17, 15) is 0 Å². The van der Waals surface area contributed by atoms with E-state index in [1.807, 2.05) is 0 Å². The van der Waals surface area contributed by atoms with Gasteiger partial charge in [-0.25, -0.2) is 0 Å². The van der Waals surface area contributed by atoms with Crippen LogP contribution < -0.4 is 0 Å². The second-order valence-electron chi connectivity index (χ2n) is 5.39. The predicted molar refractivity (Wildman–Crippen MR) is 90.8 cm³/mol. The molecule has 3 heterocycles. The van der Waals surface area contributed by atoms with Crippen LogP contribution in [0.15, 0.2) is 24.3 Å². The van der Waals surface area contributed by atoms with E-state index in [0.717, 1.165) is 5.56 Å². The number of hydrogen-bond acceptors (Lipinski definition) is 3.